The molecule has 0 bridgehead atoms. The fourth-order valence-electron chi connectivity index (χ4n) is 2.47. The lowest BCUT2D eigenvalue weighted by atomic mass is 9.82. The van der Waals surface area contributed by atoms with E-state index < -0.39 is 0 Å². The summed E-state index contributed by atoms with van der Waals surface area (Å²) in [4.78, 5) is 15.8. The molecule has 3 rings (SSSR count). The van der Waals surface area contributed by atoms with E-state index in [1.165, 1.54) is 0 Å². The van der Waals surface area contributed by atoms with Crippen LogP contribution in [0, 0.1) is 13.8 Å². The predicted octanol–water partition coefficient (Wildman–Crippen LogP) is 2.11. The fraction of sp³-hybridized carbons (Fsp3) is 0.500. The number of hydrogen-bond donors (Lipinski definition) is 1. The van der Waals surface area contributed by atoms with Gasteiger partial charge in [-0.05, 0) is 33.3 Å². The van der Waals surface area contributed by atoms with Crippen molar-refractivity contribution in [3.05, 3.63) is 23.5 Å². The van der Waals surface area contributed by atoms with Gasteiger partial charge in [0.2, 0.25) is 17.6 Å². The van der Waals surface area contributed by atoms with Crippen LogP contribution in [0.4, 0.5) is 0 Å². The van der Waals surface area contributed by atoms with Crippen LogP contribution in [0.1, 0.15) is 37.2 Å². The predicted molar refractivity (Wildman–Crippen MR) is 71.1 cm³/mol. The molecule has 1 fully saturated rings. The van der Waals surface area contributed by atoms with Crippen LogP contribution < -0.4 is 5.32 Å². The largest absolute Gasteiger partial charge is 0.466 e. The van der Waals surface area contributed by atoms with Crippen molar-refractivity contribution in [2.24, 2.45) is 0 Å². The second kappa shape index (κ2) is 4.47. The molecule has 106 valence electrons. The normalized spacial score (nSPS) is 22.9. The van der Waals surface area contributed by atoms with Crippen molar-refractivity contribution in [3.8, 4) is 11.4 Å². The van der Waals surface area contributed by atoms with E-state index in [2.05, 4.69) is 15.5 Å². The van der Waals surface area contributed by atoms with E-state index in [4.69, 9.17) is 8.94 Å². The molecule has 0 aromatic carbocycles. The summed E-state index contributed by atoms with van der Waals surface area (Å²) in [7, 11) is 0. The Hall–Kier alpha value is -2.11. The third kappa shape index (κ3) is 2.11. The summed E-state index contributed by atoms with van der Waals surface area (Å²) in [5.74, 6) is 2.76. The van der Waals surface area contributed by atoms with Crippen molar-refractivity contribution in [1.29, 1.82) is 0 Å². The van der Waals surface area contributed by atoms with Crippen LogP contribution in [0.5, 0.6) is 0 Å². The number of aromatic nitrogens is 2. The highest BCUT2D eigenvalue weighted by Crippen LogP contribution is 2.32. The molecule has 0 saturated carbocycles. The molecule has 20 heavy (non-hydrogen) atoms. The first-order valence-electron chi connectivity index (χ1n) is 6.66. The van der Waals surface area contributed by atoms with Crippen LogP contribution >= 0.6 is 0 Å². The topological polar surface area (TPSA) is 81.2 Å². The minimum Gasteiger partial charge on any atom is -0.466 e. The highest BCUT2D eigenvalue weighted by atomic mass is 16.5. The first-order chi connectivity index (χ1) is 9.48. The molecular weight excluding hydrogens is 258 g/mol. The van der Waals surface area contributed by atoms with Gasteiger partial charge in [-0.1, -0.05) is 5.16 Å². The molecule has 1 N–H and O–H groups in total. The van der Waals surface area contributed by atoms with E-state index in [9.17, 15) is 4.79 Å². The Kier molecular flexibility index (Phi) is 2.88. The molecule has 1 aliphatic heterocycles. The average molecular weight is 275 g/mol. The van der Waals surface area contributed by atoms with Gasteiger partial charge in [-0.2, -0.15) is 4.98 Å². The van der Waals surface area contributed by atoms with Crippen LogP contribution in [0.15, 0.2) is 15.0 Å². The molecule has 1 unspecified atom stereocenters. The second-order valence-electron chi connectivity index (χ2n) is 5.59. The average Bonchev–Trinajstić information content (AvgIpc) is 3.00. The molecule has 1 amide bonds. The third-order valence-electron chi connectivity index (χ3n) is 3.80. The number of piperidine rings is 1. The molecule has 1 aliphatic rings. The molecule has 6 heteroatoms. The number of rotatable bonds is 2. The van der Waals surface area contributed by atoms with Gasteiger partial charge < -0.3 is 14.3 Å². The third-order valence-corrected chi connectivity index (χ3v) is 3.80. The maximum Gasteiger partial charge on any atom is 0.234 e. The van der Waals surface area contributed by atoms with Gasteiger partial charge in [-0.15, -0.1) is 0 Å². The second-order valence-corrected chi connectivity index (χ2v) is 5.59. The molecule has 6 nitrogen and oxygen atoms in total. The molecular formula is C14H17N3O3. The Morgan fingerprint density at radius 3 is 2.80 bits per heavy atom. The van der Waals surface area contributed by atoms with Gasteiger partial charge in [-0.25, -0.2) is 0 Å². The maximum atomic E-state index is 11.3. The fourth-order valence-corrected chi connectivity index (χ4v) is 2.47. The molecule has 2 aromatic rings. The summed E-state index contributed by atoms with van der Waals surface area (Å²) in [6, 6.07) is 1.90. The molecule has 0 spiro atoms. The first kappa shape index (κ1) is 12.9. The van der Waals surface area contributed by atoms with Crippen LogP contribution in [0.2, 0.25) is 0 Å². The number of nitrogens with zero attached hydrogens (tertiary/aromatic N) is 2. The van der Waals surface area contributed by atoms with Gasteiger partial charge in [0.15, 0.2) is 0 Å². The molecule has 1 atom stereocenters. The molecule has 0 aliphatic carbocycles. The van der Waals surface area contributed by atoms with E-state index in [-0.39, 0.29) is 11.3 Å². The van der Waals surface area contributed by atoms with Crippen molar-refractivity contribution in [2.75, 3.05) is 6.54 Å². The summed E-state index contributed by atoms with van der Waals surface area (Å²) in [5, 5.41) is 6.89. The van der Waals surface area contributed by atoms with Gasteiger partial charge in [0.1, 0.15) is 11.5 Å². The number of hydrogen-bond acceptors (Lipinski definition) is 5. The Labute approximate surface area is 116 Å². The lowest BCUT2D eigenvalue weighted by molar-refractivity contribution is -0.123. The number of carbonyl (C=O) groups excluding carboxylic acids is 1. The van der Waals surface area contributed by atoms with Crippen molar-refractivity contribution < 1.29 is 13.7 Å². The van der Waals surface area contributed by atoms with Crippen LogP contribution in [0.3, 0.4) is 0 Å². The van der Waals surface area contributed by atoms with E-state index in [0.717, 1.165) is 17.1 Å². The highest BCUT2D eigenvalue weighted by molar-refractivity contribution is 5.77. The van der Waals surface area contributed by atoms with Crippen LogP contribution in [-0.4, -0.2) is 22.6 Å². The zero-order valence-electron chi connectivity index (χ0n) is 11.8. The lowest BCUT2D eigenvalue weighted by Gasteiger charge is -2.29. The van der Waals surface area contributed by atoms with E-state index in [1.54, 1.807) is 0 Å². The summed E-state index contributed by atoms with van der Waals surface area (Å²) in [6.45, 7) is 6.31. The molecule has 3 heterocycles. The number of furan rings is 1. The molecule has 1 saturated heterocycles. The highest BCUT2D eigenvalue weighted by Gasteiger charge is 2.37. The van der Waals surface area contributed by atoms with Crippen molar-refractivity contribution in [1.82, 2.24) is 15.5 Å². The van der Waals surface area contributed by atoms with E-state index >= 15 is 0 Å². The van der Waals surface area contributed by atoms with Gasteiger partial charge in [0.05, 0.1) is 11.0 Å². The Bertz CT molecular complexity index is 646. The summed E-state index contributed by atoms with van der Waals surface area (Å²) >= 11 is 0. The number of aryl methyl sites for hydroxylation is 2. The van der Waals surface area contributed by atoms with Gasteiger partial charge in [-0.3, -0.25) is 4.79 Å². The van der Waals surface area contributed by atoms with Gasteiger partial charge in [0.25, 0.3) is 0 Å². The number of amides is 1. The molecule has 0 radical (unpaired) electrons. The standard InChI is InChI=1S/C14H17N3O3/c1-8-6-10(9(2)19-8)12-16-13(20-17-12)14(3)5-4-11(18)15-7-14/h6H,4-5,7H2,1-3H3,(H,15,18). The quantitative estimate of drug-likeness (QED) is 0.907. The Balaban J connectivity index is 1.90. The summed E-state index contributed by atoms with van der Waals surface area (Å²) < 4.78 is 10.9. The zero-order chi connectivity index (χ0) is 14.3. The van der Waals surface area contributed by atoms with E-state index in [0.29, 0.717) is 31.1 Å². The summed E-state index contributed by atoms with van der Waals surface area (Å²) in [6.07, 6.45) is 1.20. The zero-order valence-corrected chi connectivity index (χ0v) is 11.8. The van der Waals surface area contributed by atoms with Gasteiger partial charge in [0, 0.05) is 13.0 Å². The minimum absolute atomic E-state index is 0.0727. The summed E-state index contributed by atoms with van der Waals surface area (Å²) in [5.41, 5.74) is 0.548. The first-order valence-corrected chi connectivity index (χ1v) is 6.66. The number of carbonyl (C=O) groups is 1. The maximum absolute atomic E-state index is 11.3. The van der Waals surface area contributed by atoms with Crippen LogP contribution in [-0.2, 0) is 10.2 Å². The Morgan fingerprint density at radius 2 is 2.20 bits per heavy atom. The Morgan fingerprint density at radius 1 is 1.40 bits per heavy atom. The monoisotopic (exact) mass is 275 g/mol. The molecule has 2 aromatic heterocycles. The SMILES string of the molecule is Cc1cc(-c2noc(C3(C)CCC(=O)NC3)n2)c(C)o1. The van der Waals surface area contributed by atoms with Crippen LogP contribution in [0.25, 0.3) is 11.4 Å². The van der Waals surface area contributed by atoms with Crippen molar-refractivity contribution in [3.63, 3.8) is 0 Å². The van der Waals surface area contributed by atoms with E-state index in [1.807, 2.05) is 26.8 Å². The van der Waals surface area contributed by atoms with Crippen molar-refractivity contribution in [2.45, 2.75) is 39.0 Å². The number of nitrogens with one attached hydrogen (secondary N) is 1. The lowest BCUT2D eigenvalue weighted by Crippen LogP contribution is -2.44. The van der Waals surface area contributed by atoms with Gasteiger partial charge >= 0.3 is 0 Å². The minimum atomic E-state index is -0.300. The van der Waals surface area contributed by atoms with Crippen molar-refractivity contribution >= 4 is 5.91 Å². The smallest absolute Gasteiger partial charge is 0.234 e.